The van der Waals surface area contributed by atoms with Crippen LogP contribution in [0.4, 0.5) is 0 Å². The van der Waals surface area contributed by atoms with Crippen LogP contribution in [-0.4, -0.2) is 36.1 Å². The number of furan rings is 1. The molecule has 0 radical (unpaired) electrons. The van der Waals surface area contributed by atoms with Gasteiger partial charge in [0.1, 0.15) is 17.3 Å². The van der Waals surface area contributed by atoms with Crippen LogP contribution in [0.3, 0.4) is 0 Å². The maximum Gasteiger partial charge on any atom is 0.335 e. The Morgan fingerprint density at radius 2 is 1.77 bits per heavy atom. The average Bonchev–Trinajstić information content (AvgIpc) is 3.41. The predicted octanol–water partition coefficient (Wildman–Crippen LogP) is 3.77. The van der Waals surface area contributed by atoms with E-state index in [1.54, 1.807) is 30.3 Å². The largest absolute Gasteiger partial charge is 0.508 e. The molecule has 2 aromatic carbocycles. The number of fused-ring (bicyclic) bond motifs is 1. The number of hydrogen-bond acceptors (Lipinski definition) is 7. The normalized spacial score (nSPS) is 13.1. The van der Waals surface area contributed by atoms with E-state index in [9.17, 15) is 14.7 Å². The van der Waals surface area contributed by atoms with Gasteiger partial charge in [0.05, 0.1) is 25.0 Å². The van der Waals surface area contributed by atoms with Crippen molar-refractivity contribution in [2.75, 3.05) is 13.9 Å². The summed E-state index contributed by atoms with van der Waals surface area (Å²) < 4.78 is 21.4. The quantitative estimate of drug-likeness (QED) is 0.590. The van der Waals surface area contributed by atoms with Crippen LogP contribution in [0, 0.1) is 0 Å². The number of carboxylic acid groups (broad SMARTS) is 1. The van der Waals surface area contributed by atoms with E-state index in [1.165, 1.54) is 25.3 Å². The highest BCUT2D eigenvalue weighted by Gasteiger charge is 2.28. The molecule has 3 aromatic rings. The van der Waals surface area contributed by atoms with Crippen molar-refractivity contribution in [3.63, 3.8) is 0 Å². The molecule has 1 unspecified atom stereocenters. The summed E-state index contributed by atoms with van der Waals surface area (Å²) in [5.41, 5.74) is 1.28. The molecule has 0 amide bonds. The minimum Gasteiger partial charge on any atom is -0.508 e. The van der Waals surface area contributed by atoms with Crippen LogP contribution >= 0.6 is 0 Å². The predicted molar refractivity (Wildman–Crippen MR) is 104 cm³/mol. The summed E-state index contributed by atoms with van der Waals surface area (Å²) in [5.74, 6) is -0.348. The van der Waals surface area contributed by atoms with Crippen LogP contribution < -0.4 is 9.47 Å². The van der Waals surface area contributed by atoms with Crippen molar-refractivity contribution >= 4 is 11.9 Å². The van der Waals surface area contributed by atoms with E-state index in [4.69, 9.17) is 23.7 Å². The second-order valence-corrected chi connectivity index (χ2v) is 6.68. The van der Waals surface area contributed by atoms with Crippen LogP contribution in [0.5, 0.6) is 17.2 Å². The van der Waals surface area contributed by atoms with E-state index in [0.29, 0.717) is 34.1 Å². The minimum absolute atomic E-state index is 0.0527. The third-order valence-corrected chi connectivity index (χ3v) is 4.88. The Kier molecular flexibility index (Phi) is 5.05. The minimum atomic E-state index is -1.02. The Balaban J connectivity index is 1.70. The molecule has 0 aliphatic carbocycles. The lowest BCUT2D eigenvalue weighted by Crippen LogP contribution is -2.10. The van der Waals surface area contributed by atoms with Crippen LogP contribution in [-0.2, 0) is 9.53 Å². The van der Waals surface area contributed by atoms with Crippen LogP contribution in [0.2, 0.25) is 0 Å². The van der Waals surface area contributed by atoms with Gasteiger partial charge in [-0.15, -0.1) is 0 Å². The first-order chi connectivity index (χ1) is 14.5. The fraction of sp³-hybridized carbons (Fsp3) is 0.182. The van der Waals surface area contributed by atoms with E-state index < -0.39 is 17.9 Å². The summed E-state index contributed by atoms with van der Waals surface area (Å²) in [4.78, 5) is 23.1. The molecule has 2 heterocycles. The molecule has 4 rings (SSSR count). The zero-order valence-electron chi connectivity index (χ0n) is 16.0. The number of ether oxygens (including phenoxy) is 3. The number of esters is 1. The molecule has 8 heteroatoms. The molecule has 0 spiro atoms. The Morgan fingerprint density at radius 1 is 1.07 bits per heavy atom. The fourth-order valence-corrected chi connectivity index (χ4v) is 3.31. The first-order valence-electron chi connectivity index (χ1n) is 9.09. The van der Waals surface area contributed by atoms with Gasteiger partial charge in [0.2, 0.25) is 6.79 Å². The SMILES string of the molecule is COC(=O)CC(c1ccc(-c2ccc(C(=O)O)cc2)o1)c1cc2c(cc1O)OCO2. The van der Waals surface area contributed by atoms with Gasteiger partial charge < -0.3 is 28.8 Å². The van der Waals surface area contributed by atoms with Gasteiger partial charge in [-0.25, -0.2) is 4.79 Å². The van der Waals surface area contributed by atoms with Gasteiger partial charge in [-0.1, -0.05) is 12.1 Å². The number of carbonyl (C=O) groups excluding carboxylic acids is 1. The van der Waals surface area contributed by atoms with Gasteiger partial charge in [-0.2, -0.15) is 0 Å². The highest BCUT2D eigenvalue weighted by Crippen LogP contribution is 2.44. The van der Waals surface area contributed by atoms with Crippen molar-refractivity contribution in [1.82, 2.24) is 0 Å². The standard InChI is InChI=1S/C22H18O8/c1-27-21(24)9-15(14-8-19-20(10-16(14)23)29-11-28-19)18-7-6-17(30-18)12-2-4-13(5-3-12)22(25)26/h2-8,10,15,23H,9,11H2,1H3,(H,25,26). The van der Waals surface area contributed by atoms with Gasteiger partial charge in [-0.3, -0.25) is 4.79 Å². The lowest BCUT2D eigenvalue weighted by atomic mass is 9.92. The second-order valence-electron chi connectivity index (χ2n) is 6.68. The Labute approximate surface area is 171 Å². The molecule has 0 fully saturated rings. The van der Waals surface area contributed by atoms with Gasteiger partial charge in [0, 0.05) is 17.2 Å². The van der Waals surface area contributed by atoms with Crippen molar-refractivity contribution in [1.29, 1.82) is 0 Å². The van der Waals surface area contributed by atoms with Gasteiger partial charge >= 0.3 is 11.9 Å². The topological polar surface area (TPSA) is 115 Å². The lowest BCUT2D eigenvalue weighted by molar-refractivity contribution is -0.140. The number of rotatable bonds is 6. The van der Waals surface area contributed by atoms with Crippen LogP contribution in [0.25, 0.3) is 11.3 Å². The highest BCUT2D eigenvalue weighted by molar-refractivity contribution is 5.88. The van der Waals surface area contributed by atoms with E-state index >= 15 is 0 Å². The number of aromatic hydroxyl groups is 1. The molecule has 2 N–H and O–H groups in total. The molecule has 30 heavy (non-hydrogen) atoms. The number of carboxylic acids is 1. The molecular weight excluding hydrogens is 392 g/mol. The first-order valence-corrected chi connectivity index (χ1v) is 9.09. The molecule has 1 atom stereocenters. The third-order valence-electron chi connectivity index (χ3n) is 4.88. The number of aromatic carboxylic acids is 1. The summed E-state index contributed by atoms with van der Waals surface area (Å²) in [7, 11) is 1.29. The Bertz CT molecular complexity index is 1100. The van der Waals surface area contributed by atoms with Gasteiger partial charge in [-0.05, 0) is 30.3 Å². The molecule has 1 aliphatic rings. The molecule has 0 bridgehead atoms. The van der Waals surface area contributed by atoms with Crippen molar-refractivity contribution in [3.8, 4) is 28.6 Å². The first kappa shape index (κ1) is 19.4. The van der Waals surface area contributed by atoms with Gasteiger partial charge in [0.15, 0.2) is 11.5 Å². The summed E-state index contributed by atoms with van der Waals surface area (Å²) in [6, 6.07) is 12.7. The summed E-state index contributed by atoms with van der Waals surface area (Å²) in [6.45, 7) is 0.0527. The van der Waals surface area contributed by atoms with E-state index in [-0.39, 0.29) is 24.5 Å². The van der Waals surface area contributed by atoms with Crippen molar-refractivity contribution < 1.29 is 38.4 Å². The molecule has 8 nitrogen and oxygen atoms in total. The number of phenolic OH excluding ortho intramolecular Hbond substituents is 1. The van der Waals surface area contributed by atoms with Crippen molar-refractivity contribution in [2.45, 2.75) is 12.3 Å². The molecule has 154 valence electrons. The van der Waals surface area contributed by atoms with E-state index in [2.05, 4.69) is 0 Å². The summed E-state index contributed by atoms with van der Waals surface area (Å²) >= 11 is 0. The molecule has 1 aromatic heterocycles. The van der Waals surface area contributed by atoms with Gasteiger partial charge in [0.25, 0.3) is 0 Å². The van der Waals surface area contributed by atoms with Crippen LogP contribution in [0.1, 0.15) is 34.0 Å². The monoisotopic (exact) mass is 410 g/mol. The Hall–Kier alpha value is -3.94. The average molecular weight is 410 g/mol. The molecule has 0 saturated carbocycles. The van der Waals surface area contributed by atoms with Crippen LogP contribution in [0.15, 0.2) is 52.9 Å². The zero-order valence-corrected chi connectivity index (χ0v) is 16.0. The fourth-order valence-electron chi connectivity index (χ4n) is 3.31. The number of carbonyl (C=O) groups is 2. The number of hydrogen-bond donors (Lipinski definition) is 2. The second kappa shape index (κ2) is 7.82. The lowest BCUT2D eigenvalue weighted by Gasteiger charge is -2.16. The van der Waals surface area contributed by atoms with E-state index in [1.807, 2.05) is 0 Å². The van der Waals surface area contributed by atoms with Crippen molar-refractivity contribution in [3.05, 3.63) is 65.4 Å². The highest BCUT2D eigenvalue weighted by atomic mass is 16.7. The Morgan fingerprint density at radius 3 is 2.43 bits per heavy atom. The number of methoxy groups -OCH3 is 1. The number of phenols is 1. The maximum absolute atomic E-state index is 12.0. The van der Waals surface area contributed by atoms with Crippen molar-refractivity contribution in [2.24, 2.45) is 0 Å². The maximum atomic E-state index is 12.0. The number of benzene rings is 2. The third kappa shape index (κ3) is 3.67. The zero-order chi connectivity index (χ0) is 21.3. The molecule has 0 saturated heterocycles. The summed E-state index contributed by atoms with van der Waals surface area (Å²) in [5, 5.41) is 19.6. The molecule has 1 aliphatic heterocycles. The van der Waals surface area contributed by atoms with E-state index in [0.717, 1.165) is 0 Å². The smallest absolute Gasteiger partial charge is 0.335 e. The summed E-state index contributed by atoms with van der Waals surface area (Å²) in [6.07, 6.45) is -0.0609. The molecular formula is C22H18O8.